The fourth-order valence-corrected chi connectivity index (χ4v) is 5.27. The summed E-state index contributed by atoms with van der Waals surface area (Å²) in [4.78, 5) is 25.2. The molecule has 32 heavy (non-hydrogen) atoms. The smallest absolute Gasteiger partial charge is 0.325 e. The van der Waals surface area contributed by atoms with Gasteiger partial charge >= 0.3 is 5.97 Å². The van der Waals surface area contributed by atoms with E-state index < -0.39 is 40.1 Å². The van der Waals surface area contributed by atoms with Crippen molar-refractivity contribution >= 4 is 39.2 Å². The third kappa shape index (κ3) is 5.12. The van der Waals surface area contributed by atoms with Crippen molar-refractivity contribution in [1.29, 1.82) is 0 Å². The minimum Gasteiger partial charge on any atom is -0.451 e. The van der Waals surface area contributed by atoms with Crippen molar-refractivity contribution < 1.29 is 27.9 Å². The molecular formula is C22H25ClN2O6S. The number of hydrogen-bond donors (Lipinski definition) is 2. The van der Waals surface area contributed by atoms with Gasteiger partial charge in [0.2, 0.25) is 10.0 Å². The van der Waals surface area contributed by atoms with Crippen LogP contribution in [0.1, 0.15) is 24.5 Å². The number of halogens is 1. The van der Waals surface area contributed by atoms with Gasteiger partial charge in [-0.1, -0.05) is 29.8 Å². The minimum atomic E-state index is -4.06. The minimum absolute atomic E-state index is 0.0250. The van der Waals surface area contributed by atoms with Crippen LogP contribution in [-0.4, -0.2) is 54.5 Å². The largest absolute Gasteiger partial charge is 0.451 e. The molecule has 8 nitrogen and oxygen atoms in total. The Morgan fingerprint density at radius 2 is 1.88 bits per heavy atom. The summed E-state index contributed by atoms with van der Waals surface area (Å²) >= 11 is 6.02. The van der Waals surface area contributed by atoms with Gasteiger partial charge in [-0.2, -0.15) is 4.31 Å². The number of nitrogens with zero attached hydrogens (tertiary/aromatic N) is 1. The maximum Gasteiger partial charge on any atom is 0.325 e. The Morgan fingerprint density at radius 1 is 1.19 bits per heavy atom. The maximum atomic E-state index is 13.2. The fourth-order valence-electron chi connectivity index (χ4n) is 3.38. The van der Waals surface area contributed by atoms with E-state index in [1.807, 2.05) is 6.92 Å². The zero-order chi connectivity index (χ0) is 23.6. The molecule has 1 saturated heterocycles. The van der Waals surface area contributed by atoms with Crippen molar-refractivity contribution in [2.24, 2.45) is 0 Å². The monoisotopic (exact) mass is 480 g/mol. The number of sulfonamides is 1. The number of ether oxygens (including phenoxy) is 1. The van der Waals surface area contributed by atoms with Gasteiger partial charge in [-0.25, -0.2) is 8.42 Å². The predicted molar refractivity (Wildman–Crippen MR) is 120 cm³/mol. The van der Waals surface area contributed by atoms with Gasteiger partial charge < -0.3 is 15.2 Å². The van der Waals surface area contributed by atoms with Gasteiger partial charge in [0.15, 0.2) is 6.10 Å². The summed E-state index contributed by atoms with van der Waals surface area (Å²) in [6.07, 6.45) is -2.36. The van der Waals surface area contributed by atoms with E-state index in [1.54, 1.807) is 37.3 Å². The lowest BCUT2D eigenvalue weighted by Gasteiger charge is -2.24. The van der Waals surface area contributed by atoms with E-state index in [4.69, 9.17) is 16.3 Å². The number of nitrogens with one attached hydrogen (secondary N) is 1. The molecule has 0 saturated carbocycles. The van der Waals surface area contributed by atoms with Crippen LogP contribution >= 0.6 is 11.6 Å². The number of benzene rings is 2. The Hall–Kier alpha value is -2.46. The molecule has 1 aliphatic rings. The number of aliphatic hydroxyl groups is 1. The predicted octanol–water partition coefficient (Wildman–Crippen LogP) is 2.65. The van der Waals surface area contributed by atoms with Crippen molar-refractivity contribution in [3.8, 4) is 0 Å². The SMILES string of the molecule is Cc1ccc(S(=O)(=O)N2C[C@H](O)C[C@H]2C(=O)O[C@@H](C)C(=O)Nc2ccccc2Cl)cc1C. The second-order valence-electron chi connectivity index (χ2n) is 7.77. The number of hydrogen-bond acceptors (Lipinski definition) is 6. The number of carbonyl (C=O) groups is 2. The lowest BCUT2D eigenvalue weighted by molar-refractivity contribution is -0.156. The molecule has 1 aliphatic heterocycles. The van der Waals surface area contributed by atoms with Crippen LogP contribution in [0, 0.1) is 13.8 Å². The molecule has 172 valence electrons. The Kier molecular flexibility index (Phi) is 7.24. The molecule has 1 heterocycles. The van der Waals surface area contributed by atoms with Crippen LogP contribution in [0.3, 0.4) is 0 Å². The lowest BCUT2D eigenvalue weighted by atomic mass is 10.1. The molecule has 1 fully saturated rings. The number of para-hydroxylation sites is 1. The van der Waals surface area contributed by atoms with E-state index in [-0.39, 0.29) is 17.9 Å². The lowest BCUT2D eigenvalue weighted by Crippen LogP contribution is -2.43. The Bertz CT molecular complexity index is 1140. The van der Waals surface area contributed by atoms with E-state index >= 15 is 0 Å². The molecular weight excluding hydrogens is 456 g/mol. The third-order valence-corrected chi connectivity index (χ3v) is 7.58. The van der Waals surface area contributed by atoms with Crippen molar-refractivity contribution in [2.45, 2.75) is 50.3 Å². The van der Waals surface area contributed by atoms with Crippen LogP contribution in [0.4, 0.5) is 5.69 Å². The van der Waals surface area contributed by atoms with Gasteiger partial charge in [-0.15, -0.1) is 0 Å². The quantitative estimate of drug-likeness (QED) is 0.614. The molecule has 2 aromatic rings. The summed E-state index contributed by atoms with van der Waals surface area (Å²) in [5.41, 5.74) is 2.08. The van der Waals surface area contributed by atoms with Gasteiger partial charge in [-0.3, -0.25) is 9.59 Å². The zero-order valence-electron chi connectivity index (χ0n) is 17.9. The van der Waals surface area contributed by atoms with E-state index in [9.17, 15) is 23.1 Å². The molecule has 1 amide bonds. The van der Waals surface area contributed by atoms with E-state index in [1.165, 1.54) is 19.1 Å². The number of β-amino-alcohol motifs (C(OH)–C–C–N with tert-alkyl or cyclic N) is 1. The highest BCUT2D eigenvalue weighted by atomic mass is 35.5. The van der Waals surface area contributed by atoms with Crippen molar-refractivity contribution in [3.05, 3.63) is 58.6 Å². The molecule has 10 heteroatoms. The second kappa shape index (κ2) is 9.58. The van der Waals surface area contributed by atoms with Crippen LogP contribution in [0.2, 0.25) is 5.02 Å². The van der Waals surface area contributed by atoms with Gasteiger partial charge in [0.1, 0.15) is 6.04 Å². The summed E-state index contributed by atoms with van der Waals surface area (Å²) < 4.78 is 32.5. The summed E-state index contributed by atoms with van der Waals surface area (Å²) in [5.74, 6) is -1.52. The fraction of sp³-hybridized carbons (Fsp3) is 0.364. The molecule has 3 rings (SSSR count). The number of carbonyl (C=O) groups excluding carboxylic acids is 2. The topological polar surface area (TPSA) is 113 Å². The Labute approximate surface area is 192 Å². The number of rotatable bonds is 6. The van der Waals surface area contributed by atoms with Gasteiger partial charge in [0.05, 0.1) is 21.7 Å². The zero-order valence-corrected chi connectivity index (χ0v) is 19.5. The number of aliphatic hydroxyl groups excluding tert-OH is 1. The average molecular weight is 481 g/mol. The Balaban J connectivity index is 1.75. The first-order valence-electron chi connectivity index (χ1n) is 10.0. The van der Waals surface area contributed by atoms with Crippen LogP contribution in [0.15, 0.2) is 47.4 Å². The Morgan fingerprint density at radius 3 is 2.53 bits per heavy atom. The van der Waals surface area contributed by atoms with Crippen LogP contribution in [0.5, 0.6) is 0 Å². The van der Waals surface area contributed by atoms with Gasteiger partial charge in [0.25, 0.3) is 5.91 Å². The first-order chi connectivity index (χ1) is 15.0. The third-order valence-electron chi connectivity index (χ3n) is 5.38. The van der Waals surface area contributed by atoms with E-state index in [2.05, 4.69) is 5.32 Å². The van der Waals surface area contributed by atoms with Crippen LogP contribution in [-0.2, 0) is 24.3 Å². The molecule has 0 spiro atoms. The first kappa shape index (κ1) is 24.2. The van der Waals surface area contributed by atoms with E-state index in [0.29, 0.717) is 10.7 Å². The first-order valence-corrected chi connectivity index (χ1v) is 11.9. The molecule has 0 radical (unpaired) electrons. The maximum absolute atomic E-state index is 13.2. The molecule has 0 unspecified atom stereocenters. The molecule has 0 aromatic heterocycles. The van der Waals surface area contributed by atoms with Crippen molar-refractivity contribution in [3.63, 3.8) is 0 Å². The standard InChI is InChI=1S/C22H25ClN2O6S/c1-13-8-9-17(10-14(13)2)32(29,30)25-12-16(26)11-20(25)22(28)31-15(3)21(27)24-19-7-5-4-6-18(19)23/h4-10,15-16,20,26H,11-12H2,1-3H3,(H,24,27)/t15-,16+,20-/m0/s1. The molecule has 0 bridgehead atoms. The van der Waals surface area contributed by atoms with Crippen LogP contribution < -0.4 is 5.32 Å². The second-order valence-corrected chi connectivity index (χ2v) is 10.1. The van der Waals surface area contributed by atoms with E-state index in [0.717, 1.165) is 15.4 Å². The number of anilines is 1. The highest BCUT2D eigenvalue weighted by Gasteiger charge is 2.45. The normalized spacial score (nSPS) is 20.0. The van der Waals surface area contributed by atoms with Crippen LogP contribution in [0.25, 0.3) is 0 Å². The summed E-state index contributed by atoms with van der Waals surface area (Å²) in [5, 5.41) is 13.0. The van der Waals surface area contributed by atoms with Gasteiger partial charge in [-0.05, 0) is 56.2 Å². The molecule has 2 N–H and O–H groups in total. The summed E-state index contributed by atoms with van der Waals surface area (Å²) in [6, 6.07) is 10.0. The molecule has 3 atom stereocenters. The average Bonchev–Trinajstić information content (AvgIpc) is 3.14. The summed E-state index contributed by atoms with van der Waals surface area (Å²) in [7, 11) is -4.06. The number of aryl methyl sites for hydroxylation is 2. The highest BCUT2D eigenvalue weighted by Crippen LogP contribution is 2.29. The van der Waals surface area contributed by atoms with Crippen molar-refractivity contribution in [2.75, 3.05) is 11.9 Å². The highest BCUT2D eigenvalue weighted by molar-refractivity contribution is 7.89. The van der Waals surface area contributed by atoms with Gasteiger partial charge in [0, 0.05) is 13.0 Å². The molecule has 0 aliphatic carbocycles. The van der Waals surface area contributed by atoms with Crippen molar-refractivity contribution in [1.82, 2.24) is 4.31 Å². The summed E-state index contributed by atoms with van der Waals surface area (Å²) in [6.45, 7) is 4.78. The number of esters is 1. The molecule has 2 aromatic carbocycles. The number of amides is 1.